The van der Waals surface area contributed by atoms with E-state index in [0.29, 0.717) is 11.5 Å². The summed E-state index contributed by atoms with van der Waals surface area (Å²) in [4.78, 5) is 0. The van der Waals surface area contributed by atoms with Gasteiger partial charge in [-0.1, -0.05) is 0 Å². The first kappa shape index (κ1) is 10.3. The predicted molar refractivity (Wildman–Crippen MR) is 60.6 cm³/mol. The Morgan fingerprint density at radius 3 is 2.69 bits per heavy atom. The van der Waals surface area contributed by atoms with Crippen LogP contribution in [0.4, 0.5) is 0 Å². The first-order valence-electron chi connectivity index (χ1n) is 4.70. The maximum atomic E-state index is 5.25. The lowest BCUT2D eigenvalue weighted by Crippen LogP contribution is -2.22. The van der Waals surface area contributed by atoms with Crippen molar-refractivity contribution < 1.29 is 9.47 Å². The number of hydrogen-bond acceptors (Lipinski definition) is 4. The van der Waals surface area contributed by atoms with E-state index in [1.165, 1.54) is 0 Å². The molecular weight excluding hydrogens is 208 g/mol. The number of rotatable bonds is 2. The molecule has 84 valence electrons. The van der Waals surface area contributed by atoms with Crippen molar-refractivity contribution in [2.45, 2.75) is 6.92 Å². The minimum atomic E-state index is -0.0694. The highest BCUT2D eigenvalue weighted by Gasteiger charge is 2.13. The van der Waals surface area contributed by atoms with E-state index in [9.17, 15) is 0 Å². The molecule has 1 aromatic rings. The summed E-state index contributed by atoms with van der Waals surface area (Å²) in [6.45, 7) is 2.06. The van der Waals surface area contributed by atoms with Crippen molar-refractivity contribution in [3.63, 3.8) is 0 Å². The van der Waals surface area contributed by atoms with Crippen molar-refractivity contribution in [1.29, 1.82) is 0 Å². The molecule has 0 radical (unpaired) electrons. The molecule has 0 saturated heterocycles. The zero-order valence-corrected chi connectivity index (χ0v) is 8.80. The first-order chi connectivity index (χ1) is 7.66. The standard InChI is InChI=1S/C10H12N4O2/c1-6(13-14-10(11)12)7-2-3-8-9(4-7)16-5-15-8/h2-4H,5H2,1H3,(H4,11,12,14). The van der Waals surface area contributed by atoms with Gasteiger partial charge in [0, 0.05) is 5.56 Å². The molecule has 1 heterocycles. The molecule has 0 atom stereocenters. The van der Waals surface area contributed by atoms with Crippen LogP contribution in [0.3, 0.4) is 0 Å². The van der Waals surface area contributed by atoms with E-state index < -0.39 is 0 Å². The van der Waals surface area contributed by atoms with Gasteiger partial charge in [-0.25, -0.2) is 0 Å². The highest BCUT2D eigenvalue weighted by Crippen LogP contribution is 2.32. The second-order valence-corrected chi connectivity index (χ2v) is 3.28. The van der Waals surface area contributed by atoms with Crippen LogP contribution < -0.4 is 20.9 Å². The fourth-order valence-electron chi connectivity index (χ4n) is 1.31. The third-order valence-electron chi connectivity index (χ3n) is 2.11. The van der Waals surface area contributed by atoms with Crippen LogP contribution in [0, 0.1) is 0 Å². The molecule has 0 fully saturated rings. The molecule has 0 amide bonds. The summed E-state index contributed by atoms with van der Waals surface area (Å²) in [5, 5.41) is 7.46. The van der Waals surface area contributed by atoms with Gasteiger partial charge in [0.15, 0.2) is 11.5 Å². The summed E-state index contributed by atoms with van der Waals surface area (Å²) < 4.78 is 10.5. The van der Waals surface area contributed by atoms with Crippen LogP contribution in [-0.2, 0) is 0 Å². The second-order valence-electron chi connectivity index (χ2n) is 3.28. The van der Waals surface area contributed by atoms with Crippen molar-refractivity contribution in [3.8, 4) is 11.5 Å². The Morgan fingerprint density at radius 1 is 1.19 bits per heavy atom. The quantitative estimate of drug-likeness (QED) is 0.428. The highest BCUT2D eigenvalue weighted by molar-refractivity contribution is 5.99. The van der Waals surface area contributed by atoms with E-state index >= 15 is 0 Å². The van der Waals surface area contributed by atoms with Gasteiger partial charge in [-0.05, 0) is 25.1 Å². The number of ether oxygens (including phenoxy) is 2. The summed E-state index contributed by atoms with van der Waals surface area (Å²) in [7, 11) is 0. The molecule has 4 N–H and O–H groups in total. The van der Waals surface area contributed by atoms with Crippen molar-refractivity contribution >= 4 is 11.7 Å². The number of benzene rings is 1. The Morgan fingerprint density at radius 2 is 1.94 bits per heavy atom. The van der Waals surface area contributed by atoms with Gasteiger partial charge in [0.1, 0.15) is 0 Å². The third-order valence-corrected chi connectivity index (χ3v) is 2.11. The molecule has 0 aromatic heterocycles. The van der Waals surface area contributed by atoms with E-state index in [1.54, 1.807) is 0 Å². The lowest BCUT2D eigenvalue weighted by molar-refractivity contribution is 0.174. The molecule has 6 nitrogen and oxygen atoms in total. The van der Waals surface area contributed by atoms with Gasteiger partial charge in [0.05, 0.1) is 5.71 Å². The largest absolute Gasteiger partial charge is 0.454 e. The molecule has 0 spiro atoms. The molecule has 6 heteroatoms. The fourth-order valence-corrected chi connectivity index (χ4v) is 1.31. The SMILES string of the molecule is CC(=NN=C(N)N)c1ccc2c(c1)OCO2. The summed E-state index contributed by atoms with van der Waals surface area (Å²) in [6, 6.07) is 5.53. The molecule has 0 saturated carbocycles. The maximum Gasteiger partial charge on any atom is 0.231 e. The average molecular weight is 220 g/mol. The predicted octanol–water partition coefficient (Wildman–Crippen LogP) is 0.413. The smallest absolute Gasteiger partial charge is 0.231 e. The van der Waals surface area contributed by atoms with Gasteiger partial charge in [-0.2, -0.15) is 5.10 Å². The van der Waals surface area contributed by atoms with Gasteiger partial charge < -0.3 is 20.9 Å². The van der Waals surface area contributed by atoms with Crippen LogP contribution in [-0.4, -0.2) is 18.5 Å². The van der Waals surface area contributed by atoms with Gasteiger partial charge in [-0.3, -0.25) is 0 Å². The molecule has 0 aliphatic carbocycles. The zero-order chi connectivity index (χ0) is 11.5. The molecule has 16 heavy (non-hydrogen) atoms. The number of nitrogens with two attached hydrogens (primary N) is 2. The summed E-state index contributed by atoms with van der Waals surface area (Å²) in [6.07, 6.45) is 0. The molecular formula is C10H12N4O2. The van der Waals surface area contributed by atoms with Crippen molar-refractivity contribution in [3.05, 3.63) is 23.8 Å². The number of nitrogens with zero attached hydrogens (tertiary/aromatic N) is 2. The Kier molecular flexibility index (Phi) is 2.63. The average Bonchev–Trinajstić information content (AvgIpc) is 2.72. The van der Waals surface area contributed by atoms with E-state index in [0.717, 1.165) is 11.3 Å². The Balaban J connectivity index is 2.28. The Bertz CT molecular complexity index is 464. The minimum absolute atomic E-state index is 0.0694. The van der Waals surface area contributed by atoms with E-state index in [4.69, 9.17) is 20.9 Å². The van der Waals surface area contributed by atoms with Gasteiger partial charge >= 0.3 is 0 Å². The molecule has 2 rings (SSSR count). The lowest BCUT2D eigenvalue weighted by Gasteiger charge is -2.00. The van der Waals surface area contributed by atoms with Gasteiger partial charge in [0.2, 0.25) is 12.8 Å². The summed E-state index contributed by atoms with van der Waals surface area (Å²) in [5.74, 6) is 1.37. The van der Waals surface area contributed by atoms with E-state index in [-0.39, 0.29) is 12.8 Å². The molecule has 1 aliphatic heterocycles. The Labute approximate surface area is 92.6 Å². The summed E-state index contributed by atoms with van der Waals surface area (Å²) in [5.41, 5.74) is 12.0. The van der Waals surface area contributed by atoms with Crippen molar-refractivity contribution in [2.75, 3.05) is 6.79 Å². The molecule has 0 bridgehead atoms. The summed E-state index contributed by atoms with van der Waals surface area (Å²) >= 11 is 0. The topological polar surface area (TPSA) is 95.2 Å². The third kappa shape index (κ3) is 2.05. The number of guanidine groups is 1. The zero-order valence-electron chi connectivity index (χ0n) is 8.80. The molecule has 1 aliphatic rings. The normalized spacial score (nSPS) is 13.7. The van der Waals surface area contributed by atoms with Crippen LogP contribution in [0.5, 0.6) is 11.5 Å². The van der Waals surface area contributed by atoms with E-state index in [2.05, 4.69) is 10.2 Å². The van der Waals surface area contributed by atoms with Crippen molar-refractivity contribution in [2.24, 2.45) is 21.7 Å². The van der Waals surface area contributed by atoms with Crippen LogP contribution in [0.2, 0.25) is 0 Å². The second kappa shape index (κ2) is 4.09. The van der Waals surface area contributed by atoms with Crippen molar-refractivity contribution in [1.82, 2.24) is 0 Å². The Hall–Kier alpha value is -2.24. The fraction of sp³-hybridized carbons (Fsp3) is 0.200. The monoisotopic (exact) mass is 220 g/mol. The van der Waals surface area contributed by atoms with Crippen LogP contribution in [0.25, 0.3) is 0 Å². The van der Waals surface area contributed by atoms with Gasteiger partial charge in [-0.15, -0.1) is 5.10 Å². The van der Waals surface area contributed by atoms with E-state index in [1.807, 2.05) is 25.1 Å². The van der Waals surface area contributed by atoms with Crippen LogP contribution >= 0.6 is 0 Å². The number of hydrogen-bond donors (Lipinski definition) is 2. The first-order valence-corrected chi connectivity index (χ1v) is 4.70. The van der Waals surface area contributed by atoms with Gasteiger partial charge in [0.25, 0.3) is 0 Å². The molecule has 1 aromatic carbocycles. The molecule has 0 unspecified atom stereocenters. The minimum Gasteiger partial charge on any atom is -0.454 e. The lowest BCUT2D eigenvalue weighted by atomic mass is 10.1. The highest BCUT2D eigenvalue weighted by atomic mass is 16.7. The van der Waals surface area contributed by atoms with Crippen LogP contribution in [0.15, 0.2) is 28.4 Å². The van der Waals surface area contributed by atoms with Crippen LogP contribution in [0.1, 0.15) is 12.5 Å². The number of fused-ring (bicyclic) bond motifs is 1. The maximum absolute atomic E-state index is 5.25.